The number of aromatic hydroxyl groups is 1. The number of phenolic OH excluding ortho intramolecular Hbond substituents is 1. The molecule has 19 heavy (non-hydrogen) atoms. The maximum Gasteiger partial charge on any atom is 0.239 e. The highest BCUT2D eigenvalue weighted by molar-refractivity contribution is 7.80. The highest BCUT2D eigenvalue weighted by Crippen LogP contribution is 2.47. The van der Waals surface area contributed by atoms with E-state index in [-0.39, 0.29) is 16.6 Å². The van der Waals surface area contributed by atoms with Gasteiger partial charge in [-0.2, -0.15) is 0 Å². The zero-order valence-corrected chi connectivity index (χ0v) is 11.9. The van der Waals surface area contributed by atoms with Crippen LogP contribution in [-0.2, 0) is 4.79 Å². The summed E-state index contributed by atoms with van der Waals surface area (Å²) >= 11 is 5.09. The minimum absolute atomic E-state index is 0.0938. The Hall–Kier alpha value is -1.62. The Kier molecular flexibility index (Phi) is 3.49. The average molecular weight is 278 g/mol. The van der Waals surface area contributed by atoms with Gasteiger partial charge in [-0.05, 0) is 30.9 Å². The van der Waals surface area contributed by atoms with Crippen molar-refractivity contribution in [1.29, 1.82) is 0 Å². The number of nitrogens with two attached hydrogens (primary N) is 1. The molecule has 0 saturated heterocycles. The minimum Gasteiger partial charge on any atom is -0.508 e. The molecule has 1 aliphatic carbocycles. The van der Waals surface area contributed by atoms with Crippen LogP contribution in [0.5, 0.6) is 5.75 Å². The number of phenols is 1. The predicted molar refractivity (Wildman–Crippen MR) is 79.1 cm³/mol. The van der Waals surface area contributed by atoms with Crippen LogP contribution in [0.4, 0.5) is 5.69 Å². The molecule has 102 valence electrons. The molecule has 1 amide bonds. The van der Waals surface area contributed by atoms with Crippen LogP contribution in [0, 0.1) is 11.3 Å². The van der Waals surface area contributed by atoms with Gasteiger partial charge < -0.3 is 15.7 Å². The van der Waals surface area contributed by atoms with Crippen LogP contribution in [-0.4, -0.2) is 23.0 Å². The summed E-state index contributed by atoms with van der Waals surface area (Å²) in [6.45, 7) is 2.08. The SMILES string of the molecule is CC1CC(C(=O)N(C)c2cccc(O)c2)(C(N)=S)C1. The van der Waals surface area contributed by atoms with Gasteiger partial charge in [-0.1, -0.05) is 25.2 Å². The molecule has 0 unspecified atom stereocenters. The van der Waals surface area contributed by atoms with Crippen molar-refractivity contribution in [3.63, 3.8) is 0 Å². The van der Waals surface area contributed by atoms with E-state index in [0.717, 1.165) is 0 Å². The molecular formula is C14H18N2O2S. The third kappa shape index (κ3) is 2.30. The highest BCUT2D eigenvalue weighted by atomic mass is 32.1. The van der Waals surface area contributed by atoms with E-state index in [1.165, 1.54) is 4.90 Å². The molecular weight excluding hydrogens is 260 g/mol. The second-order valence-electron chi connectivity index (χ2n) is 5.34. The molecule has 0 radical (unpaired) electrons. The molecule has 3 N–H and O–H groups in total. The van der Waals surface area contributed by atoms with Gasteiger partial charge in [0.25, 0.3) is 0 Å². The highest BCUT2D eigenvalue weighted by Gasteiger charge is 2.52. The number of nitrogens with zero attached hydrogens (tertiary/aromatic N) is 1. The van der Waals surface area contributed by atoms with E-state index < -0.39 is 5.41 Å². The fraction of sp³-hybridized carbons (Fsp3) is 0.429. The number of rotatable bonds is 3. The van der Waals surface area contributed by atoms with Crippen LogP contribution in [0.3, 0.4) is 0 Å². The van der Waals surface area contributed by atoms with Crippen molar-refractivity contribution < 1.29 is 9.90 Å². The molecule has 0 heterocycles. The summed E-state index contributed by atoms with van der Waals surface area (Å²) in [5.41, 5.74) is 5.70. The topological polar surface area (TPSA) is 66.6 Å². The first-order valence-corrected chi connectivity index (χ1v) is 6.65. The van der Waals surface area contributed by atoms with Crippen LogP contribution < -0.4 is 10.6 Å². The summed E-state index contributed by atoms with van der Waals surface area (Å²) in [5, 5.41) is 9.48. The lowest BCUT2D eigenvalue weighted by atomic mass is 9.61. The summed E-state index contributed by atoms with van der Waals surface area (Å²) in [7, 11) is 1.68. The molecule has 0 aliphatic heterocycles. The standard InChI is InChI=1S/C14H18N2O2S/c1-9-7-14(8-9,12(15)19)13(18)16(2)10-4-3-5-11(17)6-10/h3-6,9,17H,7-8H2,1-2H3,(H2,15,19). The third-order valence-electron chi connectivity index (χ3n) is 3.80. The van der Waals surface area contributed by atoms with Gasteiger partial charge in [0, 0.05) is 18.8 Å². The molecule has 4 nitrogen and oxygen atoms in total. The molecule has 0 aromatic heterocycles. The molecule has 0 bridgehead atoms. The first-order chi connectivity index (χ1) is 8.86. The van der Waals surface area contributed by atoms with Crippen molar-refractivity contribution in [2.75, 3.05) is 11.9 Å². The van der Waals surface area contributed by atoms with E-state index in [9.17, 15) is 9.90 Å². The number of hydrogen-bond donors (Lipinski definition) is 2. The van der Waals surface area contributed by atoms with Crippen molar-refractivity contribution in [1.82, 2.24) is 0 Å². The number of anilines is 1. The zero-order chi connectivity index (χ0) is 14.2. The smallest absolute Gasteiger partial charge is 0.239 e. The fourth-order valence-corrected chi connectivity index (χ4v) is 3.01. The Labute approximate surface area is 118 Å². The Balaban J connectivity index is 2.26. The van der Waals surface area contributed by atoms with E-state index in [0.29, 0.717) is 24.4 Å². The van der Waals surface area contributed by atoms with E-state index in [4.69, 9.17) is 18.0 Å². The number of hydrogen-bond acceptors (Lipinski definition) is 3. The van der Waals surface area contributed by atoms with Crippen LogP contribution in [0.1, 0.15) is 19.8 Å². The molecule has 1 fully saturated rings. The van der Waals surface area contributed by atoms with Crippen molar-refractivity contribution in [3.05, 3.63) is 24.3 Å². The van der Waals surface area contributed by atoms with Crippen LogP contribution in [0.2, 0.25) is 0 Å². The summed E-state index contributed by atoms with van der Waals surface area (Å²) < 4.78 is 0. The second-order valence-corrected chi connectivity index (χ2v) is 5.78. The van der Waals surface area contributed by atoms with Gasteiger partial charge in [0.05, 0.1) is 10.4 Å². The maximum absolute atomic E-state index is 12.6. The van der Waals surface area contributed by atoms with Crippen molar-refractivity contribution in [2.24, 2.45) is 17.1 Å². The Morgan fingerprint density at radius 3 is 2.63 bits per heavy atom. The number of thiocarbonyl (C=S) groups is 1. The van der Waals surface area contributed by atoms with Crippen LogP contribution >= 0.6 is 12.2 Å². The first-order valence-electron chi connectivity index (χ1n) is 6.24. The molecule has 1 aliphatic rings. The Morgan fingerprint density at radius 2 is 2.16 bits per heavy atom. The lowest BCUT2D eigenvalue weighted by Crippen LogP contribution is -2.56. The Morgan fingerprint density at radius 1 is 1.53 bits per heavy atom. The number of benzene rings is 1. The number of carbonyl (C=O) groups excluding carboxylic acids is 1. The normalized spacial score (nSPS) is 25.5. The van der Waals surface area contributed by atoms with Gasteiger partial charge in [0.2, 0.25) is 5.91 Å². The second kappa shape index (κ2) is 4.81. The van der Waals surface area contributed by atoms with Crippen LogP contribution in [0.25, 0.3) is 0 Å². The van der Waals surface area contributed by atoms with Gasteiger partial charge in [-0.15, -0.1) is 0 Å². The van der Waals surface area contributed by atoms with Gasteiger partial charge >= 0.3 is 0 Å². The van der Waals surface area contributed by atoms with E-state index in [2.05, 4.69) is 6.92 Å². The Bertz CT molecular complexity index is 524. The molecule has 1 aromatic rings. The van der Waals surface area contributed by atoms with Crippen molar-refractivity contribution >= 4 is 28.8 Å². The van der Waals surface area contributed by atoms with E-state index in [1.54, 1.807) is 31.3 Å². The maximum atomic E-state index is 12.6. The summed E-state index contributed by atoms with van der Waals surface area (Å²) in [6, 6.07) is 6.59. The van der Waals surface area contributed by atoms with Crippen molar-refractivity contribution in [3.8, 4) is 5.75 Å². The van der Waals surface area contributed by atoms with Gasteiger partial charge in [0.1, 0.15) is 5.75 Å². The largest absolute Gasteiger partial charge is 0.508 e. The number of carbonyl (C=O) groups is 1. The van der Waals surface area contributed by atoms with E-state index in [1.807, 2.05) is 0 Å². The summed E-state index contributed by atoms with van der Waals surface area (Å²) in [4.78, 5) is 14.4. The van der Waals surface area contributed by atoms with Gasteiger partial charge in [-0.3, -0.25) is 4.79 Å². The summed E-state index contributed by atoms with van der Waals surface area (Å²) in [5.74, 6) is 0.496. The first kappa shape index (κ1) is 13.8. The quantitative estimate of drug-likeness (QED) is 0.831. The average Bonchev–Trinajstić information content (AvgIpc) is 2.32. The zero-order valence-electron chi connectivity index (χ0n) is 11.1. The lowest BCUT2D eigenvalue weighted by Gasteiger charge is -2.45. The van der Waals surface area contributed by atoms with Crippen molar-refractivity contribution in [2.45, 2.75) is 19.8 Å². The molecule has 1 saturated carbocycles. The monoisotopic (exact) mass is 278 g/mol. The molecule has 0 spiro atoms. The van der Waals surface area contributed by atoms with Gasteiger partial charge in [0.15, 0.2) is 0 Å². The minimum atomic E-state index is -0.713. The summed E-state index contributed by atoms with van der Waals surface area (Å²) in [6.07, 6.45) is 1.40. The molecule has 5 heteroatoms. The number of amides is 1. The lowest BCUT2D eigenvalue weighted by molar-refractivity contribution is -0.129. The fourth-order valence-electron chi connectivity index (χ4n) is 2.75. The van der Waals surface area contributed by atoms with Gasteiger partial charge in [-0.25, -0.2) is 0 Å². The molecule has 1 aromatic carbocycles. The molecule has 0 atom stereocenters. The molecule has 2 rings (SSSR count). The van der Waals surface area contributed by atoms with E-state index >= 15 is 0 Å². The third-order valence-corrected chi connectivity index (χ3v) is 4.19. The predicted octanol–water partition coefficient (Wildman–Crippen LogP) is 2.06. The van der Waals surface area contributed by atoms with Crippen LogP contribution in [0.15, 0.2) is 24.3 Å².